The van der Waals surface area contributed by atoms with E-state index in [0.717, 1.165) is 11.1 Å². The molecule has 0 fully saturated rings. The van der Waals surface area contributed by atoms with E-state index in [1.165, 1.54) is 0 Å². The Morgan fingerprint density at radius 1 is 1.42 bits per heavy atom. The number of carbonyl (C=O) groups is 2. The number of carboxylic acids is 1. The number of carbonyl (C=O) groups excluding carboxylic acids is 1. The zero-order chi connectivity index (χ0) is 14.4. The molecular weight excluding hydrogens is 266 g/mol. The lowest BCUT2D eigenvalue weighted by Crippen LogP contribution is -2.40. The number of benzene rings is 1. The van der Waals surface area contributed by atoms with Gasteiger partial charge >= 0.3 is 5.97 Å². The molecule has 2 N–H and O–H groups in total. The number of amides is 1. The number of carboxylic acid groups (broad SMARTS) is 1. The highest BCUT2D eigenvalue weighted by Crippen LogP contribution is 2.17. The summed E-state index contributed by atoms with van der Waals surface area (Å²) in [4.78, 5) is 22.4. The first-order valence-corrected chi connectivity index (χ1v) is 6.59. The van der Waals surface area contributed by atoms with E-state index < -0.39 is 12.0 Å². The lowest BCUT2D eigenvalue weighted by atomic mass is 10.1. The number of rotatable bonds is 6. The Labute approximate surface area is 117 Å². The van der Waals surface area contributed by atoms with Crippen LogP contribution in [0.25, 0.3) is 0 Å². The molecule has 0 aromatic heterocycles. The molecule has 0 bridgehead atoms. The van der Waals surface area contributed by atoms with E-state index in [9.17, 15) is 9.59 Å². The van der Waals surface area contributed by atoms with E-state index in [1.54, 1.807) is 6.92 Å². The van der Waals surface area contributed by atoms with Gasteiger partial charge < -0.3 is 10.4 Å². The average molecular weight is 284 g/mol. The zero-order valence-electron chi connectivity index (χ0n) is 11.1. The average Bonchev–Trinajstić information content (AvgIpc) is 2.37. The predicted molar refractivity (Wildman–Crippen MR) is 74.4 cm³/mol. The number of hydrogen-bond acceptors (Lipinski definition) is 2. The molecule has 1 aromatic rings. The molecule has 104 valence electrons. The summed E-state index contributed by atoms with van der Waals surface area (Å²) in [6.45, 7) is 3.64. The molecule has 0 aliphatic heterocycles. The normalized spacial score (nSPS) is 11.9. The summed E-state index contributed by atoms with van der Waals surface area (Å²) in [6, 6.07) is 4.85. The predicted octanol–water partition coefficient (Wildman–Crippen LogP) is 2.56. The standard InChI is InChI=1S/C14H18ClNO3/c1-3-12(14(18)19)16-13(17)7-6-10-5-4-9(2)11(15)8-10/h4-5,8,12H,3,6-7H2,1-2H3,(H,16,17)(H,18,19). The van der Waals surface area contributed by atoms with Gasteiger partial charge in [0.1, 0.15) is 6.04 Å². The van der Waals surface area contributed by atoms with Gasteiger partial charge in [0.2, 0.25) is 5.91 Å². The molecule has 0 aliphatic rings. The molecule has 5 heteroatoms. The van der Waals surface area contributed by atoms with Gasteiger partial charge in [-0.15, -0.1) is 0 Å². The minimum absolute atomic E-state index is 0.253. The molecular formula is C14H18ClNO3. The van der Waals surface area contributed by atoms with Crippen LogP contribution in [0, 0.1) is 6.92 Å². The third-order valence-electron chi connectivity index (χ3n) is 2.92. The molecule has 0 radical (unpaired) electrons. The van der Waals surface area contributed by atoms with Crippen LogP contribution in [-0.4, -0.2) is 23.0 Å². The van der Waals surface area contributed by atoms with Gasteiger partial charge in [-0.05, 0) is 37.0 Å². The first-order chi connectivity index (χ1) is 8.93. The highest BCUT2D eigenvalue weighted by Gasteiger charge is 2.17. The summed E-state index contributed by atoms with van der Waals surface area (Å²) in [5.41, 5.74) is 1.96. The van der Waals surface area contributed by atoms with Crippen LogP contribution in [0.15, 0.2) is 18.2 Å². The topological polar surface area (TPSA) is 66.4 Å². The lowest BCUT2D eigenvalue weighted by molar-refractivity contribution is -0.141. The Hall–Kier alpha value is -1.55. The van der Waals surface area contributed by atoms with E-state index >= 15 is 0 Å². The summed E-state index contributed by atoms with van der Waals surface area (Å²) in [5.74, 6) is -1.26. The first-order valence-electron chi connectivity index (χ1n) is 6.21. The summed E-state index contributed by atoms with van der Waals surface area (Å²) in [7, 11) is 0. The van der Waals surface area contributed by atoms with Crippen LogP contribution in [-0.2, 0) is 16.0 Å². The monoisotopic (exact) mass is 283 g/mol. The number of halogens is 1. The molecule has 0 heterocycles. The highest BCUT2D eigenvalue weighted by atomic mass is 35.5. The number of aryl methyl sites for hydroxylation is 2. The second-order valence-corrected chi connectivity index (χ2v) is 4.86. The van der Waals surface area contributed by atoms with Crippen molar-refractivity contribution in [3.8, 4) is 0 Å². The van der Waals surface area contributed by atoms with Crippen LogP contribution >= 0.6 is 11.6 Å². The molecule has 1 aromatic carbocycles. The summed E-state index contributed by atoms with van der Waals surface area (Å²) in [5, 5.41) is 12.0. The van der Waals surface area contributed by atoms with Crippen LogP contribution in [0.5, 0.6) is 0 Å². The van der Waals surface area contributed by atoms with E-state index in [1.807, 2.05) is 25.1 Å². The third-order valence-corrected chi connectivity index (χ3v) is 3.33. The molecule has 0 aliphatic carbocycles. The summed E-state index contributed by atoms with van der Waals surface area (Å²) < 4.78 is 0. The maximum atomic E-state index is 11.6. The van der Waals surface area contributed by atoms with Crippen LogP contribution in [0.3, 0.4) is 0 Å². The second-order valence-electron chi connectivity index (χ2n) is 4.45. The van der Waals surface area contributed by atoms with Crippen molar-refractivity contribution in [2.75, 3.05) is 0 Å². The Balaban J connectivity index is 2.49. The van der Waals surface area contributed by atoms with Gasteiger partial charge in [0.25, 0.3) is 0 Å². The van der Waals surface area contributed by atoms with E-state index in [0.29, 0.717) is 17.9 Å². The minimum atomic E-state index is -1.01. The van der Waals surface area contributed by atoms with Crippen LogP contribution < -0.4 is 5.32 Å². The van der Waals surface area contributed by atoms with E-state index in [2.05, 4.69) is 5.32 Å². The van der Waals surface area contributed by atoms with Gasteiger partial charge in [-0.25, -0.2) is 4.79 Å². The molecule has 4 nitrogen and oxygen atoms in total. The van der Waals surface area contributed by atoms with Crippen molar-refractivity contribution in [3.05, 3.63) is 34.3 Å². The maximum Gasteiger partial charge on any atom is 0.326 e. The van der Waals surface area contributed by atoms with Crippen LogP contribution in [0.1, 0.15) is 30.9 Å². The van der Waals surface area contributed by atoms with Crippen LogP contribution in [0.2, 0.25) is 5.02 Å². The fraction of sp³-hybridized carbons (Fsp3) is 0.429. The molecule has 1 atom stereocenters. The fourth-order valence-electron chi connectivity index (χ4n) is 1.65. The second kappa shape index (κ2) is 7.14. The Bertz CT molecular complexity index is 474. The number of nitrogens with one attached hydrogen (secondary N) is 1. The van der Waals surface area contributed by atoms with Gasteiger partial charge in [0.15, 0.2) is 0 Å². The maximum absolute atomic E-state index is 11.6. The fourth-order valence-corrected chi connectivity index (χ4v) is 1.86. The quantitative estimate of drug-likeness (QED) is 0.843. The van der Waals surface area contributed by atoms with Crippen LogP contribution in [0.4, 0.5) is 0 Å². The third kappa shape index (κ3) is 4.91. The Morgan fingerprint density at radius 2 is 2.11 bits per heavy atom. The molecule has 1 amide bonds. The number of hydrogen-bond donors (Lipinski definition) is 2. The van der Waals surface area contributed by atoms with Crippen molar-refractivity contribution in [1.29, 1.82) is 0 Å². The SMILES string of the molecule is CCC(NC(=O)CCc1ccc(C)c(Cl)c1)C(=O)O. The van der Waals surface area contributed by atoms with E-state index in [-0.39, 0.29) is 12.3 Å². The largest absolute Gasteiger partial charge is 0.480 e. The lowest BCUT2D eigenvalue weighted by Gasteiger charge is -2.12. The smallest absolute Gasteiger partial charge is 0.326 e. The van der Waals surface area contributed by atoms with Gasteiger partial charge in [0, 0.05) is 11.4 Å². The van der Waals surface area contributed by atoms with Crippen molar-refractivity contribution < 1.29 is 14.7 Å². The van der Waals surface area contributed by atoms with Gasteiger partial charge in [-0.1, -0.05) is 30.7 Å². The number of aliphatic carboxylic acids is 1. The van der Waals surface area contributed by atoms with Crippen molar-refractivity contribution in [2.24, 2.45) is 0 Å². The van der Waals surface area contributed by atoms with Crippen molar-refractivity contribution in [3.63, 3.8) is 0 Å². The molecule has 1 rings (SSSR count). The molecule has 0 saturated carbocycles. The molecule has 0 spiro atoms. The summed E-state index contributed by atoms with van der Waals surface area (Å²) in [6.07, 6.45) is 1.17. The highest BCUT2D eigenvalue weighted by molar-refractivity contribution is 6.31. The zero-order valence-corrected chi connectivity index (χ0v) is 11.8. The van der Waals surface area contributed by atoms with Crippen molar-refractivity contribution in [1.82, 2.24) is 5.32 Å². The Kier molecular flexibility index (Phi) is 5.83. The van der Waals surface area contributed by atoms with Gasteiger partial charge in [-0.3, -0.25) is 4.79 Å². The van der Waals surface area contributed by atoms with Crippen molar-refractivity contribution >= 4 is 23.5 Å². The first kappa shape index (κ1) is 15.5. The van der Waals surface area contributed by atoms with E-state index in [4.69, 9.17) is 16.7 Å². The molecule has 1 unspecified atom stereocenters. The molecule has 19 heavy (non-hydrogen) atoms. The summed E-state index contributed by atoms with van der Waals surface area (Å²) >= 11 is 6.00. The Morgan fingerprint density at radius 3 is 2.63 bits per heavy atom. The molecule has 0 saturated heterocycles. The van der Waals surface area contributed by atoms with Crippen molar-refractivity contribution in [2.45, 2.75) is 39.2 Å². The minimum Gasteiger partial charge on any atom is -0.480 e. The van der Waals surface area contributed by atoms with Gasteiger partial charge in [0.05, 0.1) is 0 Å². The van der Waals surface area contributed by atoms with Gasteiger partial charge in [-0.2, -0.15) is 0 Å².